The summed E-state index contributed by atoms with van der Waals surface area (Å²) in [6.07, 6.45) is 0. The molecule has 5 rings (SSSR count). The molecular weight excluding hydrogens is 408 g/mol. The number of ketones is 1. The smallest absolute Gasteiger partial charge is 0.269 e. The van der Waals surface area contributed by atoms with Gasteiger partial charge < -0.3 is 5.32 Å². The molecule has 0 fully saturated rings. The van der Waals surface area contributed by atoms with Crippen molar-refractivity contribution in [2.24, 2.45) is 0 Å². The number of nitro benzene ring substituents is 1. The first kappa shape index (κ1) is 18.0. The number of benzene rings is 3. The van der Waals surface area contributed by atoms with Crippen molar-refractivity contribution in [3.8, 4) is 0 Å². The molecule has 0 aromatic heterocycles. The number of nitrogens with one attached hydrogen (secondary N) is 1. The molecule has 1 heterocycles. The number of hydrogen-bond donors (Lipinski definition) is 1. The van der Waals surface area contributed by atoms with Gasteiger partial charge in [0.05, 0.1) is 21.6 Å². The van der Waals surface area contributed by atoms with Crippen molar-refractivity contribution < 1.29 is 9.72 Å². The predicted octanol–water partition coefficient (Wildman–Crippen LogP) is 6.11. The van der Waals surface area contributed by atoms with E-state index in [4.69, 9.17) is 11.6 Å². The van der Waals surface area contributed by atoms with Crippen molar-refractivity contribution in [1.29, 1.82) is 0 Å². The average molecular weight is 421 g/mol. The minimum absolute atomic E-state index is 0.0550. The highest BCUT2D eigenvalue weighted by Crippen LogP contribution is 2.53. The first-order valence-electron chi connectivity index (χ1n) is 8.89. The summed E-state index contributed by atoms with van der Waals surface area (Å²) in [6, 6.07) is 19.6. The lowest BCUT2D eigenvalue weighted by atomic mass is 10.00. The molecular formula is C22H13ClN2O3S. The second-order valence-corrected chi connectivity index (χ2v) is 8.30. The summed E-state index contributed by atoms with van der Waals surface area (Å²) in [7, 11) is 0. The quantitative estimate of drug-likeness (QED) is 0.399. The Hall–Kier alpha value is -3.09. The van der Waals surface area contributed by atoms with E-state index < -0.39 is 10.2 Å². The lowest BCUT2D eigenvalue weighted by molar-refractivity contribution is -0.384. The average Bonchev–Trinajstić information content (AvgIpc) is 2.89. The molecule has 142 valence electrons. The Kier molecular flexibility index (Phi) is 4.19. The monoisotopic (exact) mass is 420 g/mol. The molecule has 3 aromatic rings. The second-order valence-electron chi connectivity index (χ2n) is 6.75. The molecule has 0 saturated carbocycles. The van der Waals surface area contributed by atoms with Gasteiger partial charge >= 0.3 is 0 Å². The number of carbonyl (C=O) groups excluding carboxylic acids is 1. The van der Waals surface area contributed by atoms with Crippen LogP contribution in [0.15, 0.2) is 77.2 Å². The van der Waals surface area contributed by atoms with Gasteiger partial charge in [0.25, 0.3) is 5.69 Å². The summed E-state index contributed by atoms with van der Waals surface area (Å²) in [5.74, 6) is -0.0871. The number of fused-ring (bicyclic) bond motifs is 3. The van der Waals surface area contributed by atoms with Crippen LogP contribution in [0.5, 0.6) is 0 Å². The van der Waals surface area contributed by atoms with Crippen molar-refractivity contribution in [2.45, 2.75) is 10.1 Å². The zero-order chi connectivity index (χ0) is 20.1. The highest BCUT2D eigenvalue weighted by Gasteiger charge is 2.39. The van der Waals surface area contributed by atoms with E-state index in [0.29, 0.717) is 21.7 Å². The Bertz CT molecular complexity index is 1240. The van der Waals surface area contributed by atoms with E-state index in [9.17, 15) is 14.9 Å². The molecule has 7 heteroatoms. The van der Waals surface area contributed by atoms with E-state index in [1.807, 2.05) is 42.5 Å². The predicted molar refractivity (Wildman–Crippen MR) is 114 cm³/mol. The first-order chi connectivity index (χ1) is 14.0. The summed E-state index contributed by atoms with van der Waals surface area (Å²) < 4.78 is 0. The standard InChI is InChI=1S/C22H13ClN2O3S/c23-16-10-9-12(25(27)28)11-15(16)22-19-20(13-5-1-2-6-14(13)21(19)26)24-17-7-3-4-8-18(17)29-22/h1-11,22,24H. The van der Waals surface area contributed by atoms with E-state index >= 15 is 0 Å². The lowest BCUT2D eigenvalue weighted by Crippen LogP contribution is -2.08. The van der Waals surface area contributed by atoms with E-state index in [0.717, 1.165) is 21.8 Å². The van der Waals surface area contributed by atoms with Gasteiger partial charge in [-0.05, 0) is 23.8 Å². The molecule has 1 aliphatic carbocycles. The topological polar surface area (TPSA) is 72.2 Å². The van der Waals surface area contributed by atoms with Crippen molar-refractivity contribution in [3.05, 3.63) is 104 Å². The maximum absolute atomic E-state index is 13.4. The fourth-order valence-corrected chi connectivity index (χ4v) is 5.36. The number of carbonyl (C=O) groups is 1. The second kappa shape index (κ2) is 6.76. The van der Waals surface area contributed by atoms with Crippen molar-refractivity contribution in [3.63, 3.8) is 0 Å². The SMILES string of the molecule is O=C1C2=C(Nc3ccccc3SC2c2cc([N+](=O)[O-])ccc2Cl)c2ccccc21. The van der Waals surface area contributed by atoms with Crippen LogP contribution in [0.3, 0.4) is 0 Å². The number of nitro groups is 1. The van der Waals surface area contributed by atoms with Gasteiger partial charge in [-0.25, -0.2) is 0 Å². The molecule has 0 saturated heterocycles. The molecule has 0 bridgehead atoms. The van der Waals surface area contributed by atoms with Crippen LogP contribution in [-0.4, -0.2) is 10.7 Å². The Morgan fingerprint density at radius 1 is 1.00 bits per heavy atom. The molecule has 3 aromatic carbocycles. The molecule has 0 radical (unpaired) electrons. The van der Waals surface area contributed by atoms with Crippen LogP contribution in [0.2, 0.25) is 5.02 Å². The van der Waals surface area contributed by atoms with E-state index in [1.54, 1.807) is 6.07 Å². The van der Waals surface area contributed by atoms with Gasteiger partial charge in [0, 0.05) is 38.8 Å². The highest BCUT2D eigenvalue weighted by atomic mass is 35.5. The number of halogens is 1. The number of para-hydroxylation sites is 1. The van der Waals surface area contributed by atoms with Crippen molar-refractivity contribution in [1.82, 2.24) is 0 Å². The van der Waals surface area contributed by atoms with Gasteiger partial charge in [0.1, 0.15) is 0 Å². The molecule has 1 aliphatic heterocycles. The first-order valence-corrected chi connectivity index (χ1v) is 10.1. The maximum Gasteiger partial charge on any atom is 0.269 e. The van der Waals surface area contributed by atoms with Crippen molar-refractivity contribution >= 4 is 46.2 Å². The summed E-state index contributed by atoms with van der Waals surface area (Å²) in [4.78, 5) is 25.2. The van der Waals surface area contributed by atoms with Gasteiger partial charge in [0.2, 0.25) is 0 Å². The summed E-state index contributed by atoms with van der Waals surface area (Å²) >= 11 is 7.94. The van der Waals surface area contributed by atoms with Crippen LogP contribution >= 0.6 is 23.4 Å². The van der Waals surface area contributed by atoms with Crippen LogP contribution in [0.4, 0.5) is 11.4 Å². The lowest BCUT2D eigenvalue weighted by Gasteiger charge is -2.18. The van der Waals surface area contributed by atoms with E-state index in [1.165, 1.54) is 30.0 Å². The van der Waals surface area contributed by atoms with E-state index in [-0.39, 0.29) is 11.5 Å². The molecule has 1 unspecified atom stereocenters. The summed E-state index contributed by atoms with van der Waals surface area (Å²) in [5.41, 5.74) is 4.13. The Labute approximate surface area is 175 Å². The third-order valence-electron chi connectivity index (χ3n) is 5.08. The normalized spacial score (nSPS) is 17.1. The van der Waals surface area contributed by atoms with Crippen LogP contribution in [0.1, 0.15) is 26.7 Å². The van der Waals surface area contributed by atoms with Crippen molar-refractivity contribution in [2.75, 3.05) is 5.32 Å². The number of thioether (sulfide) groups is 1. The molecule has 29 heavy (non-hydrogen) atoms. The molecule has 1 N–H and O–H groups in total. The number of non-ortho nitro benzene ring substituents is 1. The molecule has 0 spiro atoms. The van der Waals surface area contributed by atoms with Gasteiger partial charge in [0.15, 0.2) is 5.78 Å². The number of hydrogen-bond acceptors (Lipinski definition) is 5. The van der Waals surface area contributed by atoms with Crippen LogP contribution in [-0.2, 0) is 0 Å². The third kappa shape index (κ3) is 2.84. The summed E-state index contributed by atoms with van der Waals surface area (Å²) in [6.45, 7) is 0. The molecule has 5 nitrogen and oxygen atoms in total. The molecule has 1 atom stereocenters. The number of rotatable bonds is 2. The number of Topliss-reactive ketones (excluding diaryl/α,β-unsaturated/α-hetero) is 1. The number of anilines is 1. The van der Waals surface area contributed by atoms with Gasteiger partial charge in [-0.15, -0.1) is 11.8 Å². The fraction of sp³-hybridized carbons (Fsp3) is 0.0455. The minimum atomic E-state index is -0.478. The summed E-state index contributed by atoms with van der Waals surface area (Å²) in [5, 5.41) is 14.7. The largest absolute Gasteiger partial charge is 0.354 e. The molecule has 2 aliphatic rings. The van der Waals surface area contributed by atoms with Crippen LogP contribution < -0.4 is 5.32 Å². The zero-order valence-electron chi connectivity index (χ0n) is 14.9. The molecule has 0 amide bonds. The minimum Gasteiger partial charge on any atom is -0.354 e. The Morgan fingerprint density at radius 3 is 2.52 bits per heavy atom. The van der Waals surface area contributed by atoms with Gasteiger partial charge in [-0.3, -0.25) is 14.9 Å². The highest BCUT2D eigenvalue weighted by molar-refractivity contribution is 8.00. The van der Waals surface area contributed by atoms with E-state index in [2.05, 4.69) is 5.32 Å². The van der Waals surface area contributed by atoms with Crippen LogP contribution in [0, 0.1) is 10.1 Å². The van der Waals surface area contributed by atoms with Crippen LogP contribution in [0.25, 0.3) is 5.70 Å². The number of nitrogens with zero attached hydrogens (tertiary/aromatic N) is 1. The van der Waals surface area contributed by atoms with Gasteiger partial charge in [-0.2, -0.15) is 0 Å². The Balaban J connectivity index is 1.77. The Morgan fingerprint density at radius 2 is 1.72 bits per heavy atom. The third-order valence-corrected chi connectivity index (χ3v) is 6.76. The fourth-order valence-electron chi connectivity index (χ4n) is 3.75. The van der Waals surface area contributed by atoms with Gasteiger partial charge in [-0.1, -0.05) is 48.0 Å². The maximum atomic E-state index is 13.4. The zero-order valence-corrected chi connectivity index (χ0v) is 16.5.